The lowest BCUT2D eigenvalue weighted by molar-refractivity contribution is -0.157. The second kappa shape index (κ2) is 19.7. The van der Waals surface area contributed by atoms with Gasteiger partial charge in [0.2, 0.25) is 0 Å². The molecule has 0 spiro atoms. The van der Waals surface area contributed by atoms with Gasteiger partial charge in [0, 0.05) is 51.3 Å². The molecule has 2 heterocycles. The molecule has 0 saturated carbocycles. The lowest BCUT2D eigenvalue weighted by Crippen LogP contribution is -2.52. The van der Waals surface area contributed by atoms with Crippen LogP contribution in [0.3, 0.4) is 0 Å². The summed E-state index contributed by atoms with van der Waals surface area (Å²) in [5, 5.41) is 3.43. The zero-order valence-electron chi connectivity index (χ0n) is 30.5. The summed E-state index contributed by atoms with van der Waals surface area (Å²) >= 11 is 0. The van der Waals surface area contributed by atoms with Gasteiger partial charge in [0.15, 0.2) is 0 Å². The number of hydrogen-bond donors (Lipinski definition) is 2. The van der Waals surface area contributed by atoms with Crippen molar-refractivity contribution in [2.45, 2.75) is 64.1 Å². The standard InChI is InChI=1S/C40H55N3O8/c1-28(2)39(41)40(44)51-37-25-42-24-36(50-26-29-11-16-35-33(23-29)43(18-22-49-35)17-7-19-45-3)38(37)30-12-14-32(15-13-30)48-21-8-20-47-27-31-9-5-6-10-34(31)46-4/h5-6,9-16,23,28,36-39,42H,7-8,17-22,24-27,41H2,1-4H3/t36-,37+,38+,39-/m0/s1. The fourth-order valence-electron chi connectivity index (χ4n) is 6.45. The van der Waals surface area contributed by atoms with Gasteiger partial charge in [0.1, 0.15) is 36.0 Å². The van der Waals surface area contributed by atoms with Gasteiger partial charge in [-0.25, -0.2) is 0 Å². The number of fused-ring (bicyclic) bond motifs is 1. The van der Waals surface area contributed by atoms with Crippen LogP contribution in [0.4, 0.5) is 5.69 Å². The predicted molar refractivity (Wildman–Crippen MR) is 197 cm³/mol. The summed E-state index contributed by atoms with van der Waals surface area (Å²) in [4.78, 5) is 15.4. The van der Waals surface area contributed by atoms with E-state index in [4.69, 9.17) is 38.9 Å². The Morgan fingerprint density at radius 2 is 1.76 bits per heavy atom. The van der Waals surface area contributed by atoms with E-state index >= 15 is 0 Å². The topological polar surface area (TPSA) is 123 Å². The second-order valence-corrected chi connectivity index (χ2v) is 13.4. The first kappa shape index (κ1) is 38.4. The van der Waals surface area contributed by atoms with E-state index in [0.717, 1.165) is 65.6 Å². The van der Waals surface area contributed by atoms with Crippen molar-refractivity contribution in [1.82, 2.24) is 5.32 Å². The average molecular weight is 706 g/mol. The molecule has 3 aromatic carbocycles. The smallest absolute Gasteiger partial charge is 0.323 e. The van der Waals surface area contributed by atoms with Crippen LogP contribution in [0, 0.1) is 5.92 Å². The number of ether oxygens (including phenoxy) is 7. The first-order valence-corrected chi connectivity index (χ1v) is 18.1. The molecule has 1 fully saturated rings. The van der Waals surface area contributed by atoms with Gasteiger partial charge in [-0.1, -0.05) is 50.2 Å². The Kier molecular flexibility index (Phi) is 14.8. The highest BCUT2D eigenvalue weighted by molar-refractivity contribution is 5.76. The maximum atomic E-state index is 13.1. The Labute approximate surface area is 302 Å². The van der Waals surface area contributed by atoms with E-state index < -0.39 is 18.1 Å². The first-order chi connectivity index (χ1) is 24.9. The van der Waals surface area contributed by atoms with Crippen molar-refractivity contribution in [1.29, 1.82) is 0 Å². The Bertz CT molecular complexity index is 1500. The van der Waals surface area contributed by atoms with Crippen molar-refractivity contribution >= 4 is 11.7 Å². The predicted octanol–water partition coefficient (Wildman–Crippen LogP) is 5.08. The van der Waals surface area contributed by atoms with Gasteiger partial charge in [-0.15, -0.1) is 0 Å². The number of carbonyl (C=O) groups excluding carboxylic acids is 1. The third-order valence-corrected chi connectivity index (χ3v) is 9.39. The molecule has 5 rings (SSSR count). The van der Waals surface area contributed by atoms with Crippen molar-refractivity contribution < 1.29 is 38.0 Å². The summed E-state index contributed by atoms with van der Waals surface area (Å²) in [6, 6.07) is 21.4. The number of methoxy groups -OCH3 is 2. The molecule has 3 aromatic rings. The molecule has 0 aromatic heterocycles. The van der Waals surface area contributed by atoms with Crippen LogP contribution < -0.4 is 30.2 Å². The number of para-hydroxylation sites is 1. The molecular weight excluding hydrogens is 650 g/mol. The molecule has 0 bridgehead atoms. The van der Waals surface area contributed by atoms with Crippen LogP contribution in [0.15, 0.2) is 66.7 Å². The van der Waals surface area contributed by atoms with E-state index in [0.29, 0.717) is 52.7 Å². The summed E-state index contributed by atoms with van der Waals surface area (Å²) in [6.07, 6.45) is 0.968. The molecule has 2 aliphatic rings. The second-order valence-electron chi connectivity index (χ2n) is 13.4. The SMILES string of the molecule is COCCCN1CCOc2ccc(CO[C@H]3CNC[C@@H](OC(=O)[C@@H](N)C(C)C)[C@@H]3c3ccc(OCCCOCc4ccccc4OC)cc3)cc21. The lowest BCUT2D eigenvalue weighted by Gasteiger charge is -2.39. The molecule has 4 atom stereocenters. The van der Waals surface area contributed by atoms with E-state index in [1.165, 1.54) is 0 Å². The zero-order valence-corrected chi connectivity index (χ0v) is 30.5. The highest BCUT2D eigenvalue weighted by Gasteiger charge is 2.39. The number of nitrogens with zero attached hydrogens (tertiary/aromatic N) is 1. The largest absolute Gasteiger partial charge is 0.496 e. The minimum Gasteiger partial charge on any atom is -0.496 e. The van der Waals surface area contributed by atoms with Crippen molar-refractivity contribution in [3.05, 3.63) is 83.4 Å². The number of carbonyl (C=O) groups is 1. The van der Waals surface area contributed by atoms with E-state index in [9.17, 15) is 4.79 Å². The van der Waals surface area contributed by atoms with E-state index in [2.05, 4.69) is 22.3 Å². The molecule has 2 aliphatic heterocycles. The van der Waals surface area contributed by atoms with Gasteiger partial charge in [0.25, 0.3) is 0 Å². The van der Waals surface area contributed by atoms with Crippen molar-refractivity contribution in [3.8, 4) is 17.2 Å². The van der Waals surface area contributed by atoms with E-state index in [1.807, 2.05) is 68.4 Å². The first-order valence-electron chi connectivity index (χ1n) is 18.1. The molecular formula is C40H55N3O8. The third kappa shape index (κ3) is 10.8. The number of nitrogens with two attached hydrogens (primary N) is 1. The fourth-order valence-corrected chi connectivity index (χ4v) is 6.45. The summed E-state index contributed by atoms with van der Waals surface area (Å²) in [6.45, 7) is 10.0. The van der Waals surface area contributed by atoms with Gasteiger partial charge < -0.3 is 49.1 Å². The molecule has 0 radical (unpaired) electrons. The van der Waals surface area contributed by atoms with Crippen LogP contribution in [-0.4, -0.2) is 91.0 Å². The maximum absolute atomic E-state index is 13.1. The van der Waals surface area contributed by atoms with Gasteiger partial charge in [-0.3, -0.25) is 4.79 Å². The van der Waals surface area contributed by atoms with E-state index in [1.54, 1.807) is 14.2 Å². The molecule has 1 saturated heterocycles. The number of hydrogen-bond acceptors (Lipinski definition) is 11. The number of nitrogens with one attached hydrogen (secondary N) is 1. The Balaban J connectivity index is 1.22. The van der Waals surface area contributed by atoms with Crippen molar-refractivity contribution in [2.24, 2.45) is 11.7 Å². The van der Waals surface area contributed by atoms with Crippen LogP contribution in [0.25, 0.3) is 0 Å². The number of benzene rings is 3. The Morgan fingerprint density at radius 1 is 0.961 bits per heavy atom. The number of anilines is 1. The Hall–Kier alpha value is -3.87. The van der Waals surface area contributed by atoms with Gasteiger partial charge in [-0.05, 0) is 53.8 Å². The molecule has 51 heavy (non-hydrogen) atoms. The summed E-state index contributed by atoms with van der Waals surface area (Å²) in [7, 11) is 3.39. The van der Waals surface area contributed by atoms with Crippen LogP contribution in [0.2, 0.25) is 0 Å². The highest BCUT2D eigenvalue weighted by Crippen LogP contribution is 2.35. The minimum absolute atomic E-state index is 0.0374. The van der Waals surface area contributed by atoms with Crippen molar-refractivity contribution in [2.75, 3.05) is 71.7 Å². The average Bonchev–Trinajstić information content (AvgIpc) is 3.15. The van der Waals surface area contributed by atoms with Crippen LogP contribution in [0.1, 0.15) is 49.3 Å². The van der Waals surface area contributed by atoms with Gasteiger partial charge >= 0.3 is 5.97 Å². The maximum Gasteiger partial charge on any atom is 0.323 e. The van der Waals surface area contributed by atoms with Gasteiger partial charge in [-0.2, -0.15) is 0 Å². The molecule has 278 valence electrons. The highest BCUT2D eigenvalue weighted by atomic mass is 16.6. The summed E-state index contributed by atoms with van der Waals surface area (Å²) in [5.74, 6) is 1.82. The number of piperidine rings is 1. The molecule has 0 amide bonds. The van der Waals surface area contributed by atoms with Crippen LogP contribution in [-0.2, 0) is 37.0 Å². The quantitative estimate of drug-likeness (QED) is 0.128. The van der Waals surface area contributed by atoms with Crippen molar-refractivity contribution in [3.63, 3.8) is 0 Å². The fraction of sp³-hybridized carbons (Fsp3) is 0.525. The van der Waals surface area contributed by atoms with Gasteiger partial charge in [0.05, 0.1) is 51.9 Å². The number of esters is 1. The summed E-state index contributed by atoms with van der Waals surface area (Å²) in [5.41, 5.74) is 10.3. The zero-order chi connectivity index (χ0) is 36.0. The lowest BCUT2D eigenvalue weighted by atomic mass is 9.85. The number of rotatable bonds is 19. The van der Waals surface area contributed by atoms with Crippen LogP contribution in [0.5, 0.6) is 17.2 Å². The molecule has 3 N–H and O–H groups in total. The monoisotopic (exact) mass is 705 g/mol. The molecule has 0 unspecified atom stereocenters. The van der Waals surface area contributed by atoms with E-state index in [-0.39, 0.29) is 17.9 Å². The third-order valence-electron chi connectivity index (χ3n) is 9.39. The molecule has 11 heteroatoms. The van der Waals surface area contributed by atoms with Crippen LogP contribution >= 0.6 is 0 Å². The molecule has 11 nitrogen and oxygen atoms in total. The normalized spacial score (nSPS) is 19.3. The Morgan fingerprint density at radius 3 is 2.55 bits per heavy atom. The minimum atomic E-state index is -0.703. The molecule has 0 aliphatic carbocycles. The summed E-state index contributed by atoms with van der Waals surface area (Å²) < 4.78 is 41.2.